The van der Waals surface area contributed by atoms with Crippen molar-refractivity contribution in [3.63, 3.8) is 0 Å². The fourth-order valence-electron chi connectivity index (χ4n) is 2.37. The lowest BCUT2D eigenvalue weighted by molar-refractivity contribution is 0.480. The topological polar surface area (TPSA) is 67.1 Å². The molecule has 21 heavy (non-hydrogen) atoms. The molecule has 112 valence electrons. The molecule has 1 N–H and O–H groups in total. The van der Waals surface area contributed by atoms with E-state index in [4.69, 9.17) is 4.42 Å². The summed E-state index contributed by atoms with van der Waals surface area (Å²) in [6.07, 6.45) is 4.43. The summed E-state index contributed by atoms with van der Waals surface area (Å²) >= 11 is 0. The highest BCUT2D eigenvalue weighted by atomic mass is 16.4. The SMILES string of the molecule is CC(C)c1nnc(NCc2ccc(N3CCCC3)nc2)o1. The van der Waals surface area contributed by atoms with Gasteiger partial charge in [0, 0.05) is 31.7 Å². The molecule has 1 fully saturated rings. The van der Waals surface area contributed by atoms with E-state index in [9.17, 15) is 0 Å². The molecule has 0 saturated carbocycles. The average Bonchev–Trinajstić information content (AvgIpc) is 3.17. The summed E-state index contributed by atoms with van der Waals surface area (Å²) in [4.78, 5) is 6.85. The fraction of sp³-hybridized carbons (Fsp3) is 0.533. The molecule has 0 aliphatic carbocycles. The van der Waals surface area contributed by atoms with E-state index >= 15 is 0 Å². The van der Waals surface area contributed by atoms with Crippen molar-refractivity contribution in [3.8, 4) is 0 Å². The normalized spacial score (nSPS) is 14.9. The summed E-state index contributed by atoms with van der Waals surface area (Å²) in [6, 6.07) is 4.63. The van der Waals surface area contributed by atoms with Gasteiger partial charge in [-0.25, -0.2) is 4.98 Å². The van der Waals surface area contributed by atoms with E-state index in [0.29, 0.717) is 18.5 Å². The van der Waals surface area contributed by atoms with E-state index in [1.165, 1.54) is 12.8 Å². The highest BCUT2D eigenvalue weighted by molar-refractivity contribution is 5.40. The standard InChI is InChI=1S/C15H21N5O/c1-11(2)14-18-19-15(21-14)17-10-12-5-6-13(16-9-12)20-7-3-4-8-20/h5-6,9,11H,3-4,7-8,10H2,1-2H3,(H,17,19). The summed E-state index contributed by atoms with van der Waals surface area (Å²) in [5.74, 6) is 1.96. The van der Waals surface area contributed by atoms with E-state index in [0.717, 1.165) is 24.5 Å². The van der Waals surface area contributed by atoms with Crippen LogP contribution in [0.2, 0.25) is 0 Å². The molecule has 0 bridgehead atoms. The minimum atomic E-state index is 0.245. The van der Waals surface area contributed by atoms with Crippen LogP contribution in [-0.4, -0.2) is 28.3 Å². The highest BCUT2D eigenvalue weighted by Gasteiger charge is 2.13. The third kappa shape index (κ3) is 3.32. The summed E-state index contributed by atoms with van der Waals surface area (Å²) in [6.45, 7) is 6.92. The Bertz CT molecular complexity index is 572. The molecule has 3 heterocycles. The molecule has 0 atom stereocenters. The van der Waals surface area contributed by atoms with E-state index in [1.54, 1.807) is 0 Å². The summed E-state index contributed by atoms with van der Waals surface area (Å²) in [5, 5.41) is 11.1. The van der Waals surface area contributed by atoms with Gasteiger partial charge in [-0.1, -0.05) is 25.0 Å². The highest BCUT2D eigenvalue weighted by Crippen LogP contribution is 2.18. The van der Waals surface area contributed by atoms with E-state index in [2.05, 4.69) is 37.5 Å². The van der Waals surface area contributed by atoms with E-state index in [1.807, 2.05) is 20.0 Å². The van der Waals surface area contributed by atoms with Crippen LogP contribution in [0.15, 0.2) is 22.7 Å². The Hall–Kier alpha value is -2.11. The Kier molecular flexibility index (Phi) is 4.03. The minimum Gasteiger partial charge on any atom is -0.408 e. The van der Waals surface area contributed by atoms with Gasteiger partial charge >= 0.3 is 6.01 Å². The molecule has 0 amide bonds. The van der Waals surface area contributed by atoms with Crippen LogP contribution >= 0.6 is 0 Å². The zero-order chi connectivity index (χ0) is 14.7. The predicted octanol–water partition coefficient (Wildman–Crippen LogP) is 2.80. The summed E-state index contributed by atoms with van der Waals surface area (Å²) in [5.41, 5.74) is 1.10. The number of aromatic nitrogens is 3. The van der Waals surface area contributed by atoms with E-state index < -0.39 is 0 Å². The second kappa shape index (κ2) is 6.11. The molecule has 1 aliphatic rings. The van der Waals surface area contributed by atoms with Gasteiger partial charge in [0.25, 0.3) is 0 Å². The van der Waals surface area contributed by atoms with Crippen molar-refractivity contribution in [3.05, 3.63) is 29.8 Å². The summed E-state index contributed by atoms with van der Waals surface area (Å²) < 4.78 is 5.51. The quantitative estimate of drug-likeness (QED) is 0.912. The maximum Gasteiger partial charge on any atom is 0.315 e. The maximum absolute atomic E-state index is 5.51. The zero-order valence-corrected chi connectivity index (χ0v) is 12.5. The fourth-order valence-corrected chi connectivity index (χ4v) is 2.37. The first kappa shape index (κ1) is 13.9. The Morgan fingerprint density at radius 1 is 1.24 bits per heavy atom. The zero-order valence-electron chi connectivity index (χ0n) is 12.5. The Morgan fingerprint density at radius 3 is 2.67 bits per heavy atom. The van der Waals surface area contributed by atoms with Gasteiger partial charge in [-0.15, -0.1) is 5.10 Å². The van der Waals surface area contributed by atoms with Crippen molar-refractivity contribution in [2.45, 2.75) is 39.2 Å². The molecule has 3 rings (SSSR count). The number of hydrogen-bond acceptors (Lipinski definition) is 6. The first-order chi connectivity index (χ1) is 10.2. The molecular weight excluding hydrogens is 266 g/mol. The Morgan fingerprint density at radius 2 is 2.05 bits per heavy atom. The Labute approximate surface area is 124 Å². The number of rotatable bonds is 5. The minimum absolute atomic E-state index is 0.245. The van der Waals surface area contributed by atoms with Gasteiger partial charge in [-0.3, -0.25) is 0 Å². The van der Waals surface area contributed by atoms with Crippen molar-refractivity contribution in [2.24, 2.45) is 0 Å². The van der Waals surface area contributed by atoms with Crippen molar-refractivity contribution < 1.29 is 4.42 Å². The number of hydrogen-bond donors (Lipinski definition) is 1. The molecule has 2 aromatic rings. The van der Waals surface area contributed by atoms with Crippen LogP contribution in [0.4, 0.5) is 11.8 Å². The lowest BCUT2D eigenvalue weighted by atomic mass is 10.2. The first-order valence-corrected chi connectivity index (χ1v) is 7.49. The molecule has 1 aliphatic heterocycles. The van der Waals surface area contributed by atoms with Gasteiger partial charge in [-0.2, -0.15) is 0 Å². The first-order valence-electron chi connectivity index (χ1n) is 7.49. The second-order valence-electron chi connectivity index (χ2n) is 5.67. The van der Waals surface area contributed by atoms with Gasteiger partial charge in [0.15, 0.2) is 0 Å². The molecule has 0 radical (unpaired) electrons. The number of pyridine rings is 1. The van der Waals surface area contributed by atoms with Crippen LogP contribution in [-0.2, 0) is 6.54 Å². The van der Waals surface area contributed by atoms with Crippen molar-refractivity contribution in [1.82, 2.24) is 15.2 Å². The van der Waals surface area contributed by atoms with Crippen molar-refractivity contribution in [1.29, 1.82) is 0 Å². The summed E-state index contributed by atoms with van der Waals surface area (Å²) in [7, 11) is 0. The molecule has 6 nitrogen and oxygen atoms in total. The molecular formula is C15H21N5O. The molecule has 1 saturated heterocycles. The van der Waals surface area contributed by atoms with Crippen LogP contribution in [0.3, 0.4) is 0 Å². The van der Waals surface area contributed by atoms with Crippen molar-refractivity contribution in [2.75, 3.05) is 23.3 Å². The lowest BCUT2D eigenvalue weighted by Crippen LogP contribution is -2.18. The third-order valence-corrected chi connectivity index (χ3v) is 3.62. The smallest absolute Gasteiger partial charge is 0.315 e. The lowest BCUT2D eigenvalue weighted by Gasteiger charge is -2.16. The van der Waals surface area contributed by atoms with Gasteiger partial charge < -0.3 is 14.6 Å². The monoisotopic (exact) mass is 287 g/mol. The number of nitrogens with zero attached hydrogens (tertiary/aromatic N) is 4. The van der Waals surface area contributed by atoms with Crippen LogP contribution < -0.4 is 10.2 Å². The van der Waals surface area contributed by atoms with Crippen LogP contribution in [0.5, 0.6) is 0 Å². The molecule has 0 spiro atoms. The van der Waals surface area contributed by atoms with Crippen molar-refractivity contribution >= 4 is 11.8 Å². The third-order valence-electron chi connectivity index (χ3n) is 3.62. The van der Waals surface area contributed by atoms with Gasteiger partial charge in [0.2, 0.25) is 5.89 Å². The van der Waals surface area contributed by atoms with Crippen LogP contribution in [0, 0.1) is 0 Å². The molecule has 0 aromatic carbocycles. The molecule has 2 aromatic heterocycles. The molecule has 0 unspecified atom stereocenters. The van der Waals surface area contributed by atoms with E-state index in [-0.39, 0.29) is 5.92 Å². The average molecular weight is 287 g/mol. The number of anilines is 2. The Balaban J connectivity index is 1.57. The van der Waals surface area contributed by atoms with Gasteiger partial charge in [0.05, 0.1) is 0 Å². The van der Waals surface area contributed by atoms with Crippen LogP contribution in [0.25, 0.3) is 0 Å². The number of nitrogens with one attached hydrogen (secondary N) is 1. The second-order valence-corrected chi connectivity index (χ2v) is 5.67. The van der Waals surface area contributed by atoms with Gasteiger partial charge in [-0.05, 0) is 24.5 Å². The van der Waals surface area contributed by atoms with Gasteiger partial charge in [0.1, 0.15) is 5.82 Å². The maximum atomic E-state index is 5.51. The molecule has 6 heteroatoms. The largest absolute Gasteiger partial charge is 0.408 e. The predicted molar refractivity (Wildman–Crippen MR) is 81.4 cm³/mol. The van der Waals surface area contributed by atoms with Crippen LogP contribution in [0.1, 0.15) is 44.1 Å².